The van der Waals surface area contributed by atoms with E-state index < -0.39 is 0 Å². The van der Waals surface area contributed by atoms with Crippen LogP contribution in [0.5, 0.6) is 11.5 Å². The van der Waals surface area contributed by atoms with E-state index in [9.17, 15) is 0 Å². The minimum Gasteiger partial charge on any atom is -0.497 e. The van der Waals surface area contributed by atoms with Crippen LogP contribution in [-0.2, 0) is 0 Å². The zero-order valence-electron chi connectivity index (χ0n) is 12.4. The molecule has 3 heteroatoms. The first-order valence-corrected chi connectivity index (χ1v) is 6.66. The van der Waals surface area contributed by atoms with Crippen LogP contribution in [0.1, 0.15) is 22.7 Å². The molecule has 0 fully saturated rings. The molecule has 0 bridgehead atoms. The molecule has 0 aliphatic carbocycles. The van der Waals surface area contributed by atoms with Gasteiger partial charge in [-0.05, 0) is 43.3 Å². The number of aryl methyl sites for hydroxylation is 1. The molecule has 20 heavy (non-hydrogen) atoms. The fraction of sp³-hybridized carbons (Fsp3) is 0.294. The van der Waals surface area contributed by atoms with E-state index in [2.05, 4.69) is 30.4 Å². The zero-order valence-corrected chi connectivity index (χ0v) is 12.4. The highest BCUT2D eigenvalue weighted by Gasteiger charge is 2.18. The predicted octanol–water partition coefficient (Wildman–Crippen LogP) is 3.32. The first kappa shape index (κ1) is 14.4. The molecule has 0 saturated carbocycles. The zero-order chi connectivity index (χ0) is 14.5. The number of ether oxygens (including phenoxy) is 2. The van der Waals surface area contributed by atoms with Crippen LogP contribution in [0.2, 0.25) is 0 Å². The number of hydrogen-bond donors (Lipinski definition) is 1. The third-order valence-electron chi connectivity index (χ3n) is 3.54. The quantitative estimate of drug-likeness (QED) is 0.905. The van der Waals surface area contributed by atoms with Crippen molar-refractivity contribution in [2.45, 2.75) is 13.0 Å². The van der Waals surface area contributed by atoms with Crippen molar-refractivity contribution in [3.05, 3.63) is 59.2 Å². The summed E-state index contributed by atoms with van der Waals surface area (Å²) in [6.45, 7) is 2.12. The molecule has 0 amide bonds. The molecule has 1 unspecified atom stereocenters. The van der Waals surface area contributed by atoms with Crippen LogP contribution in [0.3, 0.4) is 0 Å². The summed E-state index contributed by atoms with van der Waals surface area (Å²) in [4.78, 5) is 0. The maximum absolute atomic E-state index is 5.49. The fourth-order valence-corrected chi connectivity index (χ4v) is 2.45. The fourth-order valence-electron chi connectivity index (χ4n) is 2.45. The van der Waals surface area contributed by atoms with E-state index in [0.717, 1.165) is 17.1 Å². The lowest BCUT2D eigenvalue weighted by Crippen LogP contribution is -2.19. The average molecular weight is 271 g/mol. The van der Waals surface area contributed by atoms with Crippen LogP contribution in [0, 0.1) is 6.92 Å². The lowest BCUT2D eigenvalue weighted by atomic mass is 9.94. The van der Waals surface area contributed by atoms with Gasteiger partial charge in [0.05, 0.1) is 20.3 Å². The Kier molecular flexibility index (Phi) is 4.64. The van der Waals surface area contributed by atoms with Crippen molar-refractivity contribution in [2.75, 3.05) is 21.3 Å². The second-order valence-electron chi connectivity index (χ2n) is 4.69. The summed E-state index contributed by atoms with van der Waals surface area (Å²) < 4.78 is 10.8. The van der Waals surface area contributed by atoms with Crippen molar-refractivity contribution in [2.24, 2.45) is 0 Å². The first-order chi connectivity index (χ1) is 9.71. The van der Waals surface area contributed by atoms with E-state index in [1.807, 2.05) is 31.3 Å². The third kappa shape index (κ3) is 2.78. The third-order valence-corrected chi connectivity index (χ3v) is 3.54. The van der Waals surface area contributed by atoms with E-state index >= 15 is 0 Å². The summed E-state index contributed by atoms with van der Waals surface area (Å²) in [6, 6.07) is 14.3. The van der Waals surface area contributed by atoms with Crippen LogP contribution in [0.4, 0.5) is 0 Å². The number of benzene rings is 2. The summed E-state index contributed by atoms with van der Waals surface area (Å²) in [5.74, 6) is 1.68. The Balaban J connectivity index is 2.54. The van der Waals surface area contributed by atoms with Gasteiger partial charge >= 0.3 is 0 Å². The van der Waals surface area contributed by atoms with Gasteiger partial charge in [0.2, 0.25) is 0 Å². The molecular weight excluding hydrogens is 250 g/mol. The Hall–Kier alpha value is -2.00. The van der Waals surface area contributed by atoms with Crippen molar-refractivity contribution in [3.8, 4) is 11.5 Å². The van der Waals surface area contributed by atoms with Crippen molar-refractivity contribution in [1.82, 2.24) is 5.32 Å². The van der Waals surface area contributed by atoms with Gasteiger partial charge in [-0.3, -0.25) is 0 Å². The van der Waals surface area contributed by atoms with E-state index in [1.54, 1.807) is 14.2 Å². The van der Waals surface area contributed by atoms with Gasteiger partial charge in [0.15, 0.2) is 0 Å². The van der Waals surface area contributed by atoms with Gasteiger partial charge < -0.3 is 14.8 Å². The monoisotopic (exact) mass is 271 g/mol. The van der Waals surface area contributed by atoms with Gasteiger partial charge in [0.1, 0.15) is 11.5 Å². The maximum Gasteiger partial charge on any atom is 0.124 e. The van der Waals surface area contributed by atoms with Gasteiger partial charge in [-0.25, -0.2) is 0 Å². The number of rotatable bonds is 5. The van der Waals surface area contributed by atoms with Crippen molar-refractivity contribution in [1.29, 1.82) is 0 Å². The standard InChI is InChI=1S/C17H21NO2/c1-12-7-5-6-8-14(12)17(18-2)15-11-13(19-3)9-10-16(15)20-4/h5-11,17-18H,1-4H3. The topological polar surface area (TPSA) is 30.5 Å². The maximum atomic E-state index is 5.49. The molecule has 0 saturated heterocycles. The SMILES string of the molecule is CNC(c1ccccc1C)c1cc(OC)ccc1OC. The van der Waals surface area contributed by atoms with E-state index in [0.29, 0.717) is 0 Å². The van der Waals surface area contributed by atoms with E-state index in [-0.39, 0.29) is 6.04 Å². The largest absolute Gasteiger partial charge is 0.497 e. The summed E-state index contributed by atoms with van der Waals surface area (Å²) in [5.41, 5.74) is 3.56. The molecule has 0 radical (unpaired) electrons. The van der Waals surface area contributed by atoms with E-state index in [4.69, 9.17) is 9.47 Å². The first-order valence-electron chi connectivity index (χ1n) is 6.66. The van der Waals surface area contributed by atoms with Gasteiger partial charge in [0.25, 0.3) is 0 Å². The smallest absolute Gasteiger partial charge is 0.124 e. The van der Waals surface area contributed by atoms with Crippen molar-refractivity contribution >= 4 is 0 Å². The lowest BCUT2D eigenvalue weighted by molar-refractivity contribution is 0.395. The van der Waals surface area contributed by atoms with Gasteiger partial charge in [-0.2, -0.15) is 0 Å². The van der Waals surface area contributed by atoms with Gasteiger partial charge in [-0.15, -0.1) is 0 Å². The Morgan fingerprint density at radius 1 is 0.950 bits per heavy atom. The normalized spacial score (nSPS) is 12.0. The molecule has 0 aliphatic heterocycles. The van der Waals surface area contributed by atoms with Crippen LogP contribution in [0.25, 0.3) is 0 Å². The summed E-state index contributed by atoms with van der Waals surface area (Å²) in [5, 5.41) is 3.37. The highest BCUT2D eigenvalue weighted by molar-refractivity contribution is 5.47. The van der Waals surface area contributed by atoms with E-state index in [1.165, 1.54) is 11.1 Å². The van der Waals surface area contributed by atoms with Crippen LogP contribution in [0.15, 0.2) is 42.5 Å². The summed E-state index contributed by atoms with van der Waals surface area (Å²) >= 11 is 0. The van der Waals surface area contributed by atoms with Crippen molar-refractivity contribution in [3.63, 3.8) is 0 Å². The number of methoxy groups -OCH3 is 2. The molecule has 2 aromatic carbocycles. The minimum atomic E-state index is 0.0706. The molecule has 0 spiro atoms. The average Bonchev–Trinajstić information content (AvgIpc) is 2.49. The highest BCUT2D eigenvalue weighted by atomic mass is 16.5. The highest BCUT2D eigenvalue weighted by Crippen LogP contribution is 2.33. The molecule has 1 N–H and O–H groups in total. The summed E-state index contributed by atoms with van der Waals surface area (Å²) in [6.07, 6.45) is 0. The van der Waals surface area contributed by atoms with Crippen LogP contribution in [-0.4, -0.2) is 21.3 Å². The molecule has 1 atom stereocenters. The number of nitrogens with one attached hydrogen (secondary N) is 1. The van der Waals surface area contributed by atoms with Crippen LogP contribution < -0.4 is 14.8 Å². The molecule has 3 nitrogen and oxygen atoms in total. The summed E-state index contributed by atoms with van der Waals surface area (Å²) in [7, 11) is 5.32. The van der Waals surface area contributed by atoms with Gasteiger partial charge in [-0.1, -0.05) is 24.3 Å². The second-order valence-corrected chi connectivity index (χ2v) is 4.69. The Morgan fingerprint density at radius 3 is 2.30 bits per heavy atom. The molecule has 106 valence electrons. The molecule has 2 rings (SSSR count). The molecule has 0 aliphatic rings. The predicted molar refractivity (Wildman–Crippen MR) is 81.6 cm³/mol. The Labute approximate surface area is 120 Å². The molecule has 0 heterocycles. The van der Waals surface area contributed by atoms with Gasteiger partial charge in [0, 0.05) is 5.56 Å². The van der Waals surface area contributed by atoms with Crippen LogP contribution >= 0.6 is 0 Å². The molecule has 2 aromatic rings. The lowest BCUT2D eigenvalue weighted by Gasteiger charge is -2.22. The number of hydrogen-bond acceptors (Lipinski definition) is 3. The van der Waals surface area contributed by atoms with Crippen molar-refractivity contribution < 1.29 is 9.47 Å². The molecular formula is C17H21NO2. The second kappa shape index (κ2) is 6.44. The molecule has 0 aromatic heterocycles. The Bertz CT molecular complexity index is 581. The Morgan fingerprint density at radius 2 is 1.70 bits per heavy atom. The minimum absolute atomic E-state index is 0.0706.